The Balaban J connectivity index is 1.75. The number of hydrogen-bond donors (Lipinski definition) is 1. The second-order valence-corrected chi connectivity index (χ2v) is 6.00. The van der Waals surface area contributed by atoms with Crippen molar-refractivity contribution < 1.29 is 5.11 Å². The molecule has 1 aromatic rings. The van der Waals surface area contributed by atoms with Crippen molar-refractivity contribution in [2.75, 3.05) is 0 Å². The van der Waals surface area contributed by atoms with Crippen LogP contribution >= 0.6 is 0 Å². The minimum atomic E-state index is -0.376. The highest BCUT2D eigenvalue weighted by atomic mass is 16.3. The maximum atomic E-state index is 10.9. The molecule has 2 aliphatic carbocycles. The molecule has 0 heterocycles. The maximum absolute atomic E-state index is 10.9. The molecule has 4 atom stereocenters. The lowest BCUT2D eigenvalue weighted by Gasteiger charge is -2.39. The smallest absolute Gasteiger partial charge is 0.0707 e. The van der Waals surface area contributed by atoms with E-state index in [0.29, 0.717) is 17.8 Å². The van der Waals surface area contributed by atoms with E-state index in [0.717, 1.165) is 6.42 Å². The molecule has 4 unspecified atom stereocenters. The molecule has 2 saturated carbocycles. The molecule has 2 fully saturated rings. The highest BCUT2D eigenvalue weighted by molar-refractivity contribution is 5.28. The van der Waals surface area contributed by atoms with E-state index in [9.17, 15) is 5.11 Å². The van der Waals surface area contributed by atoms with Gasteiger partial charge < -0.3 is 5.11 Å². The zero-order valence-electron chi connectivity index (χ0n) is 10.6. The van der Waals surface area contributed by atoms with Crippen molar-refractivity contribution in [2.45, 2.75) is 50.5 Å². The molecule has 0 aliphatic heterocycles. The average molecular weight is 230 g/mol. The van der Waals surface area contributed by atoms with Gasteiger partial charge in [-0.05, 0) is 42.6 Å². The molecule has 1 N–H and O–H groups in total. The van der Waals surface area contributed by atoms with Gasteiger partial charge in [0.25, 0.3) is 0 Å². The summed E-state index contributed by atoms with van der Waals surface area (Å²) in [7, 11) is 0. The van der Waals surface area contributed by atoms with Crippen molar-refractivity contribution in [2.24, 2.45) is 11.8 Å². The lowest BCUT2D eigenvalue weighted by atomic mass is 9.72. The van der Waals surface area contributed by atoms with Crippen molar-refractivity contribution in [3.05, 3.63) is 35.9 Å². The number of rotatable bonds is 2. The zero-order chi connectivity index (χ0) is 11.9. The molecular formula is C16H22O. The van der Waals surface area contributed by atoms with E-state index >= 15 is 0 Å². The second kappa shape index (κ2) is 4.13. The Morgan fingerprint density at radius 2 is 1.94 bits per heavy atom. The standard InChI is InChI=1S/C16H22O/c1-12-7-5-6-10-16(12,17)15-11-14(15)13-8-3-2-4-9-13/h2-4,8-9,12,14-15,17H,5-7,10-11H2,1H3. The lowest BCUT2D eigenvalue weighted by molar-refractivity contribution is -0.0616. The first-order valence-electron chi connectivity index (χ1n) is 6.99. The Labute approximate surface area is 104 Å². The van der Waals surface area contributed by atoms with Gasteiger partial charge in [-0.3, -0.25) is 0 Å². The van der Waals surface area contributed by atoms with E-state index in [2.05, 4.69) is 37.3 Å². The van der Waals surface area contributed by atoms with Crippen LogP contribution in [0.2, 0.25) is 0 Å². The van der Waals surface area contributed by atoms with Gasteiger partial charge in [-0.15, -0.1) is 0 Å². The fourth-order valence-electron chi connectivity index (χ4n) is 3.72. The van der Waals surface area contributed by atoms with E-state index in [1.807, 2.05) is 0 Å². The van der Waals surface area contributed by atoms with Gasteiger partial charge in [0.15, 0.2) is 0 Å². The fourth-order valence-corrected chi connectivity index (χ4v) is 3.72. The van der Waals surface area contributed by atoms with Crippen LogP contribution in [0.3, 0.4) is 0 Å². The Hall–Kier alpha value is -0.820. The topological polar surface area (TPSA) is 20.2 Å². The van der Waals surface area contributed by atoms with Crippen LogP contribution in [-0.4, -0.2) is 10.7 Å². The molecule has 1 heteroatoms. The molecule has 92 valence electrons. The van der Waals surface area contributed by atoms with Crippen LogP contribution in [0.15, 0.2) is 30.3 Å². The van der Waals surface area contributed by atoms with Gasteiger partial charge in [0.05, 0.1) is 5.60 Å². The largest absolute Gasteiger partial charge is 0.389 e. The van der Waals surface area contributed by atoms with Gasteiger partial charge in [0, 0.05) is 0 Å². The molecule has 0 aromatic heterocycles. The van der Waals surface area contributed by atoms with E-state index in [4.69, 9.17) is 0 Å². The molecule has 0 spiro atoms. The van der Waals surface area contributed by atoms with Crippen molar-refractivity contribution in [3.63, 3.8) is 0 Å². The Bertz CT molecular complexity index is 386. The summed E-state index contributed by atoms with van der Waals surface area (Å²) in [5.41, 5.74) is 1.04. The summed E-state index contributed by atoms with van der Waals surface area (Å²) in [6.07, 6.45) is 5.91. The fraction of sp³-hybridized carbons (Fsp3) is 0.625. The predicted octanol–water partition coefficient (Wildman–Crippen LogP) is 3.73. The van der Waals surface area contributed by atoms with E-state index in [-0.39, 0.29) is 5.60 Å². The van der Waals surface area contributed by atoms with Crippen LogP contribution in [0.25, 0.3) is 0 Å². The van der Waals surface area contributed by atoms with Crippen LogP contribution in [0.1, 0.15) is 50.5 Å². The molecule has 3 rings (SSSR count). The SMILES string of the molecule is CC1CCCCC1(O)C1CC1c1ccccc1. The van der Waals surface area contributed by atoms with E-state index in [1.54, 1.807) is 0 Å². The van der Waals surface area contributed by atoms with Gasteiger partial charge in [-0.25, -0.2) is 0 Å². The molecule has 0 saturated heterocycles. The van der Waals surface area contributed by atoms with Crippen molar-refractivity contribution in [1.29, 1.82) is 0 Å². The van der Waals surface area contributed by atoms with Gasteiger partial charge in [0.1, 0.15) is 0 Å². The molecular weight excluding hydrogens is 208 g/mol. The van der Waals surface area contributed by atoms with Gasteiger partial charge in [-0.1, -0.05) is 50.1 Å². The first-order valence-corrected chi connectivity index (χ1v) is 6.99. The van der Waals surface area contributed by atoms with Gasteiger partial charge >= 0.3 is 0 Å². The van der Waals surface area contributed by atoms with Crippen molar-refractivity contribution in [1.82, 2.24) is 0 Å². The maximum Gasteiger partial charge on any atom is 0.0707 e. The van der Waals surface area contributed by atoms with Crippen LogP contribution < -0.4 is 0 Å². The molecule has 0 radical (unpaired) electrons. The summed E-state index contributed by atoms with van der Waals surface area (Å²) in [5.74, 6) is 1.61. The quantitative estimate of drug-likeness (QED) is 0.820. The van der Waals surface area contributed by atoms with Gasteiger partial charge in [0.2, 0.25) is 0 Å². The summed E-state index contributed by atoms with van der Waals surface area (Å²) < 4.78 is 0. The number of benzene rings is 1. The molecule has 17 heavy (non-hydrogen) atoms. The first-order chi connectivity index (χ1) is 8.22. The Morgan fingerprint density at radius 3 is 2.65 bits per heavy atom. The third-order valence-electron chi connectivity index (χ3n) is 4.98. The van der Waals surface area contributed by atoms with E-state index < -0.39 is 0 Å². The molecule has 1 aromatic carbocycles. The highest BCUT2D eigenvalue weighted by Crippen LogP contribution is 2.58. The average Bonchev–Trinajstić information content (AvgIpc) is 3.15. The zero-order valence-corrected chi connectivity index (χ0v) is 10.6. The van der Waals surface area contributed by atoms with Crippen molar-refractivity contribution in [3.8, 4) is 0 Å². The van der Waals surface area contributed by atoms with Crippen LogP contribution in [-0.2, 0) is 0 Å². The molecule has 1 nitrogen and oxygen atoms in total. The lowest BCUT2D eigenvalue weighted by Crippen LogP contribution is -2.41. The summed E-state index contributed by atoms with van der Waals surface area (Å²) in [6, 6.07) is 10.7. The summed E-state index contributed by atoms with van der Waals surface area (Å²) in [6.45, 7) is 2.24. The molecule has 0 amide bonds. The third-order valence-corrected chi connectivity index (χ3v) is 4.98. The number of aliphatic hydroxyl groups is 1. The minimum Gasteiger partial charge on any atom is -0.389 e. The van der Waals surface area contributed by atoms with Crippen LogP contribution in [0.5, 0.6) is 0 Å². The summed E-state index contributed by atoms with van der Waals surface area (Å²) in [4.78, 5) is 0. The Morgan fingerprint density at radius 1 is 1.18 bits per heavy atom. The third kappa shape index (κ3) is 1.91. The van der Waals surface area contributed by atoms with E-state index in [1.165, 1.54) is 31.2 Å². The summed E-state index contributed by atoms with van der Waals surface area (Å²) in [5, 5.41) is 10.9. The molecule has 0 bridgehead atoms. The second-order valence-electron chi connectivity index (χ2n) is 6.00. The first kappa shape index (κ1) is 11.3. The van der Waals surface area contributed by atoms with Gasteiger partial charge in [-0.2, -0.15) is 0 Å². The number of hydrogen-bond acceptors (Lipinski definition) is 1. The summed E-state index contributed by atoms with van der Waals surface area (Å²) >= 11 is 0. The van der Waals surface area contributed by atoms with Crippen LogP contribution in [0, 0.1) is 11.8 Å². The minimum absolute atomic E-state index is 0.376. The normalized spacial score (nSPS) is 41.2. The molecule has 2 aliphatic rings. The predicted molar refractivity (Wildman–Crippen MR) is 69.9 cm³/mol. The van der Waals surface area contributed by atoms with Crippen molar-refractivity contribution >= 4 is 0 Å². The Kier molecular flexibility index (Phi) is 2.74. The highest BCUT2D eigenvalue weighted by Gasteiger charge is 2.54. The van der Waals surface area contributed by atoms with Crippen LogP contribution in [0.4, 0.5) is 0 Å². The monoisotopic (exact) mass is 230 g/mol.